The number of hydrogen-bond acceptors (Lipinski definition) is 5. The van der Waals surface area contributed by atoms with Crippen molar-refractivity contribution in [2.75, 3.05) is 5.32 Å². The number of imidazole rings is 1. The summed E-state index contributed by atoms with van der Waals surface area (Å²) in [5.74, 6) is 1.60. The Morgan fingerprint density at radius 1 is 1.02 bits per heavy atom. The summed E-state index contributed by atoms with van der Waals surface area (Å²) in [4.78, 5) is 17.7. The third-order valence-electron chi connectivity index (χ3n) is 7.76. The van der Waals surface area contributed by atoms with Gasteiger partial charge in [-0.3, -0.25) is 0 Å². The van der Waals surface area contributed by atoms with Gasteiger partial charge in [0.15, 0.2) is 0 Å². The summed E-state index contributed by atoms with van der Waals surface area (Å²) in [6.07, 6.45) is 6.55. The van der Waals surface area contributed by atoms with Crippen LogP contribution < -0.4 is 10.6 Å². The number of H-pyrrole nitrogens is 1. The molecule has 0 saturated heterocycles. The van der Waals surface area contributed by atoms with Crippen LogP contribution in [-0.2, 0) is 13.0 Å². The summed E-state index contributed by atoms with van der Waals surface area (Å²) in [7, 11) is 0. The van der Waals surface area contributed by atoms with Crippen molar-refractivity contribution in [3.63, 3.8) is 0 Å². The average Bonchev–Trinajstić information content (AvgIpc) is 3.63. The Balaban J connectivity index is 1.26. The van der Waals surface area contributed by atoms with Gasteiger partial charge in [0.1, 0.15) is 5.82 Å². The lowest BCUT2D eigenvalue weighted by Crippen LogP contribution is -2.39. The van der Waals surface area contributed by atoms with Gasteiger partial charge in [-0.05, 0) is 59.4 Å². The number of aromatic amines is 1. The largest absolute Gasteiger partial charge is 0.335 e. The highest BCUT2D eigenvalue weighted by atomic mass is 16.2. The van der Waals surface area contributed by atoms with Crippen LogP contribution in [0.4, 0.5) is 10.5 Å². The predicted molar refractivity (Wildman–Crippen MR) is 157 cm³/mol. The van der Waals surface area contributed by atoms with E-state index in [0.717, 1.165) is 64.1 Å². The molecule has 2 heterocycles. The fraction of sp³-hybridized carbons (Fsp3) is 0.323. The second kappa shape index (κ2) is 11.3. The number of anilines is 1. The average molecular weight is 535 g/mol. The molecule has 0 spiro atoms. The van der Waals surface area contributed by atoms with Gasteiger partial charge in [0.2, 0.25) is 5.82 Å². The fourth-order valence-electron chi connectivity index (χ4n) is 5.74. The van der Waals surface area contributed by atoms with Crippen molar-refractivity contribution < 1.29 is 4.79 Å². The van der Waals surface area contributed by atoms with E-state index in [0.29, 0.717) is 12.4 Å². The topological polar surface area (TPSA) is 113 Å². The molecular formula is C31H34N8O. The molecule has 1 aliphatic rings. The van der Waals surface area contributed by atoms with E-state index in [9.17, 15) is 4.79 Å². The number of nitrogens with zero attached hydrogens (tertiary/aromatic N) is 5. The van der Waals surface area contributed by atoms with Crippen molar-refractivity contribution in [1.29, 1.82) is 0 Å². The zero-order valence-corrected chi connectivity index (χ0v) is 22.9. The Morgan fingerprint density at radius 2 is 1.80 bits per heavy atom. The van der Waals surface area contributed by atoms with Gasteiger partial charge in [-0.25, -0.2) is 9.78 Å². The Kier molecular flexibility index (Phi) is 7.27. The molecule has 0 bridgehead atoms. The van der Waals surface area contributed by atoms with Crippen LogP contribution in [0.3, 0.4) is 0 Å². The molecule has 9 nitrogen and oxygen atoms in total. The molecule has 0 radical (unpaired) electrons. The first-order valence-electron chi connectivity index (χ1n) is 14.1. The van der Waals surface area contributed by atoms with E-state index in [2.05, 4.69) is 80.0 Å². The Morgan fingerprint density at radius 3 is 2.52 bits per heavy atom. The molecule has 6 rings (SSSR count). The third kappa shape index (κ3) is 5.32. The molecule has 2 aromatic heterocycles. The van der Waals surface area contributed by atoms with Crippen LogP contribution >= 0.6 is 0 Å². The van der Waals surface area contributed by atoms with Crippen LogP contribution in [0.1, 0.15) is 56.0 Å². The van der Waals surface area contributed by atoms with E-state index < -0.39 is 0 Å². The fourth-order valence-corrected chi connectivity index (χ4v) is 5.74. The van der Waals surface area contributed by atoms with Crippen molar-refractivity contribution in [1.82, 2.24) is 35.5 Å². The second-order valence-corrected chi connectivity index (χ2v) is 10.5. The van der Waals surface area contributed by atoms with Crippen molar-refractivity contribution >= 4 is 22.8 Å². The Bertz CT molecular complexity index is 1620. The summed E-state index contributed by atoms with van der Waals surface area (Å²) in [6, 6.07) is 20.8. The lowest BCUT2D eigenvalue weighted by Gasteiger charge is -2.23. The third-order valence-corrected chi connectivity index (χ3v) is 7.76. The molecule has 9 heteroatoms. The van der Waals surface area contributed by atoms with Gasteiger partial charge in [-0.15, -0.1) is 10.2 Å². The quantitative estimate of drug-likeness (QED) is 0.228. The van der Waals surface area contributed by atoms with Crippen molar-refractivity contribution in [3.8, 4) is 22.5 Å². The number of benzene rings is 3. The summed E-state index contributed by atoms with van der Waals surface area (Å²) < 4.78 is 2.26. The van der Waals surface area contributed by atoms with Gasteiger partial charge >= 0.3 is 6.03 Å². The van der Waals surface area contributed by atoms with E-state index in [1.54, 1.807) is 0 Å². The summed E-state index contributed by atoms with van der Waals surface area (Å²) >= 11 is 0. The van der Waals surface area contributed by atoms with Crippen LogP contribution in [-0.4, -0.2) is 42.2 Å². The second-order valence-electron chi connectivity index (χ2n) is 10.5. The van der Waals surface area contributed by atoms with Crippen LogP contribution in [0.15, 0.2) is 60.7 Å². The molecule has 40 heavy (non-hydrogen) atoms. The minimum atomic E-state index is -0.135. The minimum Gasteiger partial charge on any atom is -0.335 e. The number of aryl methyl sites for hydroxylation is 2. The van der Waals surface area contributed by atoms with Crippen LogP contribution in [0.2, 0.25) is 0 Å². The maximum atomic E-state index is 12.8. The standard InChI is InChI=1S/C31H34N8O/c1-3-28-34-29-20(2)17-24(33-31(40)32-23-9-5-4-6-10-23)18-27(29)39(28)19-21-13-15-22(16-14-21)25-11-7-8-12-26(25)30-35-37-38-36-30/h7-8,11-18,23H,3-6,9-10,19H2,1-2H3,(H2,32,33,40)(H,35,36,37,38). The monoisotopic (exact) mass is 534 g/mol. The molecule has 0 unspecified atom stereocenters. The lowest BCUT2D eigenvalue weighted by atomic mass is 9.96. The van der Waals surface area contributed by atoms with Gasteiger partial charge in [-0.2, -0.15) is 5.21 Å². The van der Waals surface area contributed by atoms with Gasteiger partial charge in [0.25, 0.3) is 0 Å². The molecule has 1 fully saturated rings. The van der Waals surface area contributed by atoms with Crippen LogP contribution in [0.25, 0.3) is 33.5 Å². The molecule has 1 saturated carbocycles. The molecule has 3 aromatic carbocycles. The van der Waals surface area contributed by atoms with Crippen molar-refractivity contribution in [3.05, 3.63) is 77.6 Å². The van der Waals surface area contributed by atoms with Gasteiger partial charge < -0.3 is 15.2 Å². The van der Waals surface area contributed by atoms with Gasteiger partial charge in [0, 0.05) is 30.3 Å². The smallest absolute Gasteiger partial charge is 0.319 e. The Hall–Kier alpha value is -4.53. The number of carbonyl (C=O) groups is 1. The molecule has 0 aliphatic heterocycles. The Labute approximate surface area is 233 Å². The first-order chi connectivity index (χ1) is 19.6. The SMILES string of the molecule is CCc1nc2c(C)cc(NC(=O)NC3CCCCC3)cc2n1Cc1ccc(-c2ccccc2-c2nn[nH]n2)cc1. The van der Waals surface area contributed by atoms with E-state index in [1.165, 1.54) is 24.8 Å². The highest BCUT2D eigenvalue weighted by Crippen LogP contribution is 2.31. The number of fused-ring (bicyclic) bond motifs is 1. The number of nitrogens with one attached hydrogen (secondary N) is 3. The van der Waals surface area contributed by atoms with Gasteiger partial charge in [0.05, 0.1) is 11.0 Å². The number of carbonyl (C=O) groups excluding carboxylic acids is 1. The molecular weight excluding hydrogens is 500 g/mol. The highest BCUT2D eigenvalue weighted by Gasteiger charge is 2.18. The van der Waals surface area contributed by atoms with Crippen LogP contribution in [0, 0.1) is 6.92 Å². The molecule has 204 valence electrons. The molecule has 0 atom stereocenters. The molecule has 1 aliphatic carbocycles. The van der Waals surface area contributed by atoms with Crippen LogP contribution in [0.5, 0.6) is 0 Å². The number of tetrazole rings is 1. The summed E-state index contributed by atoms with van der Waals surface area (Å²) in [5.41, 5.74) is 8.07. The maximum absolute atomic E-state index is 12.8. The van der Waals surface area contributed by atoms with E-state index in [-0.39, 0.29) is 12.1 Å². The molecule has 5 aromatic rings. The normalized spacial score (nSPS) is 13.9. The first kappa shape index (κ1) is 25.7. The summed E-state index contributed by atoms with van der Waals surface area (Å²) in [6.45, 7) is 4.87. The number of aromatic nitrogens is 6. The maximum Gasteiger partial charge on any atom is 0.319 e. The zero-order valence-electron chi connectivity index (χ0n) is 22.9. The molecule has 2 amide bonds. The van der Waals surface area contributed by atoms with E-state index in [1.807, 2.05) is 30.3 Å². The number of rotatable bonds is 7. The van der Waals surface area contributed by atoms with E-state index >= 15 is 0 Å². The van der Waals surface area contributed by atoms with E-state index in [4.69, 9.17) is 4.98 Å². The predicted octanol–water partition coefficient (Wildman–Crippen LogP) is 6.26. The zero-order chi connectivity index (χ0) is 27.5. The number of urea groups is 1. The molecule has 3 N–H and O–H groups in total. The lowest BCUT2D eigenvalue weighted by molar-refractivity contribution is 0.244. The van der Waals surface area contributed by atoms with Crippen molar-refractivity contribution in [2.24, 2.45) is 0 Å². The van der Waals surface area contributed by atoms with Gasteiger partial charge in [-0.1, -0.05) is 74.7 Å². The number of amides is 2. The van der Waals surface area contributed by atoms with Crippen molar-refractivity contribution in [2.45, 2.75) is 65.0 Å². The minimum absolute atomic E-state index is 0.135. The first-order valence-corrected chi connectivity index (χ1v) is 14.1. The number of hydrogen-bond donors (Lipinski definition) is 3. The summed E-state index contributed by atoms with van der Waals surface area (Å²) in [5, 5.41) is 20.8. The highest BCUT2D eigenvalue weighted by molar-refractivity contribution is 5.93.